The van der Waals surface area contributed by atoms with Crippen molar-refractivity contribution < 1.29 is 17.9 Å². The van der Waals surface area contributed by atoms with Gasteiger partial charge in [-0.25, -0.2) is 8.42 Å². The molecule has 1 aliphatic rings. The fraction of sp³-hybridized carbons (Fsp3) is 0.458. The summed E-state index contributed by atoms with van der Waals surface area (Å²) in [5, 5.41) is 2.94. The number of nitrogens with zero attached hydrogens (tertiary/aromatic N) is 1. The van der Waals surface area contributed by atoms with Crippen molar-refractivity contribution in [3.05, 3.63) is 59.7 Å². The van der Waals surface area contributed by atoms with Crippen molar-refractivity contribution in [2.75, 3.05) is 26.7 Å². The monoisotopic (exact) mass is 444 g/mol. The Kier molecular flexibility index (Phi) is 8.49. The summed E-state index contributed by atoms with van der Waals surface area (Å²) < 4.78 is 32.6. The van der Waals surface area contributed by atoms with Crippen molar-refractivity contribution in [2.45, 2.75) is 49.8 Å². The van der Waals surface area contributed by atoms with Crippen LogP contribution in [0.25, 0.3) is 0 Å². The van der Waals surface area contributed by atoms with Crippen LogP contribution in [-0.4, -0.2) is 45.4 Å². The number of benzene rings is 2. The molecule has 2 aromatic rings. The smallest absolute Gasteiger partial charge is 0.243 e. The van der Waals surface area contributed by atoms with E-state index in [1.807, 2.05) is 36.4 Å². The quantitative estimate of drug-likeness (QED) is 0.642. The Morgan fingerprint density at radius 1 is 0.968 bits per heavy atom. The number of hydrogen-bond acceptors (Lipinski definition) is 4. The highest BCUT2D eigenvalue weighted by atomic mass is 32.2. The molecule has 0 bridgehead atoms. The van der Waals surface area contributed by atoms with E-state index in [4.69, 9.17) is 4.74 Å². The second-order valence-corrected chi connectivity index (χ2v) is 9.81. The third-order valence-electron chi connectivity index (χ3n) is 5.68. The lowest BCUT2D eigenvalue weighted by Crippen LogP contribution is -2.31. The molecule has 6 nitrogen and oxygen atoms in total. The van der Waals surface area contributed by atoms with E-state index in [-0.39, 0.29) is 5.91 Å². The molecule has 0 spiro atoms. The Hall–Kier alpha value is -2.38. The lowest BCUT2D eigenvalue weighted by Gasteiger charge is -2.20. The van der Waals surface area contributed by atoms with Crippen LogP contribution in [0.2, 0.25) is 0 Å². The summed E-state index contributed by atoms with van der Waals surface area (Å²) in [5.74, 6) is 0.808. The van der Waals surface area contributed by atoms with Crippen LogP contribution in [0, 0.1) is 0 Å². The molecule has 0 saturated carbocycles. The molecule has 3 rings (SSSR count). The van der Waals surface area contributed by atoms with Crippen LogP contribution in [0.5, 0.6) is 5.75 Å². The first-order valence-corrected chi connectivity index (χ1v) is 12.4. The molecule has 0 aliphatic carbocycles. The predicted octanol–water partition coefficient (Wildman–Crippen LogP) is 3.55. The second-order valence-electron chi connectivity index (χ2n) is 7.87. The van der Waals surface area contributed by atoms with Gasteiger partial charge in [-0.1, -0.05) is 43.2 Å². The zero-order chi connectivity index (χ0) is 22.1. The summed E-state index contributed by atoms with van der Waals surface area (Å²) >= 11 is 0. The average molecular weight is 445 g/mol. The molecule has 2 aromatic carbocycles. The number of sulfonamides is 1. The van der Waals surface area contributed by atoms with Crippen LogP contribution in [0.4, 0.5) is 0 Å². The Labute approximate surface area is 185 Å². The van der Waals surface area contributed by atoms with E-state index in [1.165, 1.54) is 0 Å². The Bertz CT molecular complexity index is 950. The van der Waals surface area contributed by atoms with Crippen LogP contribution in [0.1, 0.15) is 43.2 Å². The van der Waals surface area contributed by atoms with Gasteiger partial charge in [0, 0.05) is 26.1 Å². The van der Waals surface area contributed by atoms with Gasteiger partial charge in [0.25, 0.3) is 0 Å². The number of amides is 1. The maximum absolute atomic E-state index is 12.9. The SMILES string of the molecule is COc1ccccc1CCNC(=O)CCc1ccc(S(=O)(=O)N2CCCCCC2)cc1. The molecule has 0 aromatic heterocycles. The largest absolute Gasteiger partial charge is 0.496 e. The number of carbonyl (C=O) groups is 1. The molecule has 1 amide bonds. The van der Waals surface area contributed by atoms with Crippen molar-refractivity contribution in [3.63, 3.8) is 0 Å². The van der Waals surface area contributed by atoms with Gasteiger partial charge in [0.05, 0.1) is 12.0 Å². The van der Waals surface area contributed by atoms with E-state index >= 15 is 0 Å². The van der Waals surface area contributed by atoms with Gasteiger partial charge >= 0.3 is 0 Å². The van der Waals surface area contributed by atoms with Crippen LogP contribution in [0.15, 0.2) is 53.4 Å². The molecule has 31 heavy (non-hydrogen) atoms. The molecular formula is C24H32N2O4S. The van der Waals surface area contributed by atoms with Gasteiger partial charge in [-0.2, -0.15) is 4.31 Å². The van der Waals surface area contributed by atoms with E-state index in [0.717, 1.165) is 42.6 Å². The van der Waals surface area contributed by atoms with E-state index in [1.54, 1.807) is 23.5 Å². The number of rotatable bonds is 9. The predicted molar refractivity (Wildman–Crippen MR) is 122 cm³/mol. The first-order chi connectivity index (χ1) is 15.0. The summed E-state index contributed by atoms with van der Waals surface area (Å²) in [6, 6.07) is 14.7. The highest BCUT2D eigenvalue weighted by Crippen LogP contribution is 2.21. The summed E-state index contributed by atoms with van der Waals surface area (Å²) in [6.45, 7) is 1.74. The lowest BCUT2D eigenvalue weighted by atomic mass is 10.1. The number of carbonyl (C=O) groups excluding carboxylic acids is 1. The van der Waals surface area contributed by atoms with Gasteiger partial charge in [0.1, 0.15) is 5.75 Å². The third-order valence-corrected chi connectivity index (χ3v) is 7.59. The Morgan fingerprint density at radius 2 is 1.65 bits per heavy atom. The molecule has 168 valence electrons. The fourth-order valence-corrected chi connectivity index (χ4v) is 5.37. The summed E-state index contributed by atoms with van der Waals surface area (Å²) in [4.78, 5) is 12.5. The topological polar surface area (TPSA) is 75.7 Å². The summed E-state index contributed by atoms with van der Waals surface area (Å²) in [5.41, 5.74) is 2.02. The third kappa shape index (κ3) is 6.55. The van der Waals surface area contributed by atoms with Gasteiger partial charge in [-0.3, -0.25) is 4.79 Å². The zero-order valence-corrected chi connectivity index (χ0v) is 19.0. The molecule has 1 saturated heterocycles. The number of aryl methyl sites for hydroxylation is 1. The van der Waals surface area contributed by atoms with Crippen molar-refractivity contribution in [2.24, 2.45) is 0 Å². The van der Waals surface area contributed by atoms with Crippen LogP contribution in [0.3, 0.4) is 0 Å². The zero-order valence-electron chi connectivity index (χ0n) is 18.2. The van der Waals surface area contributed by atoms with Gasteiger partial charge < -0.3 is 10.1 Å². The number of para-hydroxylation sites is 1. The molecule has 0 radical (unpaired) electrons. The van der Waals surface area contributed by atoms with Gasteiger partial charge in [0.15, 0.2) is 0 Å². The Balaban J connectivity index is 1.47. The lowest BCUT2D eigenvalue weighted by molar-refractivity contribution is -0.121. The van der Waals surface area contributed by atoms with Gasteiger partial charge in [0.2, 0.25) is 15.9 Å². The highest BCUT2D eigenvalue weighted by Gasteiger charge is 2.24. The number of ether oxygens (including phenoxy) is 1. The molecule has 0 unspecified atom stereocenters. The van der Waals surface area contributed by atoms with Crippen molar-refractivity contribution in [3.8, 4) is 5.75 Å². The number of nitrogens with one attached hydrogen (secondary N) is 1. The van der Waals surface area contributed by atoms with Crippen LogP contribution >= 0.6 is 0 Å². The molecule has 7 heteroatoms. The number of hydrogen-bond donors (Lipinski definition) is 1. The normalized spacial score (nSPS) is 15.3. The van der Waals surface area contributed by atoms with Crippen molar-refractivity contribution >= 4 is 15.9 Å². The van der Waals surface area contributed by atoms with Crippen LogP contribution in [-0.2, 0) is 27.7 Å². The average Bonchev–Trinajstić information content (AvgIpc) is 3.08. The summed E-state index contributed by atoms with van der Waals surface area (Å²) in [7, 11) is -1.79. The summed E-state index contributed by atoms with van der Waals surface area (Å²) in [6.07, 6.45) is 5.66. The molecule has 1 N–H and O–H groups in total. The molecule has 1 heterocycles. The van der Waals surface area contributed by atoms with Crippen molar-refractivity contribution in [1.82, 2.24) is 9.62 Å². The van der Waals surface area contributed by atoms with Crippen molar-refractivity contribution in [1.29, 1.82) is 0 Å². The number of methoxy groups -OCH3 is 1. The molecule has 0 atom stereocenters. The van der Waals surface area contributed by atoms with Gasteiger partial charge in [-0.05, 0) is 55.0 Å². The van der Waals surface area contributed by atoms with Crippen LogP contribution < -0.4 is 10.1 Å². The Morgan fingerprint density at radius 3 is 2.32 bits per heavy atom. The van der Waals surface area contributed by atoms with E-state index < -0.39 is 10.0 Å². The minimum absolute atomic E-state index is 0.0174. The van der Waals surface area contributed by atoms with E-state index in [0.29, 0.717) is 43.8 Å². The van der Waals surface area contributed by atoms with E-state index in [2.05, 4.69) is 5.32 Å². The van der Waals surface area contributed by atoms with E-state index in [9.17, 15) is 13.2 Å². The van der Waals surface area contributed by atoms with Gasteiger partial charge in [-0.15, -0.1) is 0 Å². The second kappa shape index (κ2) is 11.3. The minimum Gasteiger partial charge on any atom is -0.496 e. The minimum atomic E-state index is -3.43. The maximum atomic E-state index is 12.9. The highest BCUT2D eigenvalue weighted by molar-refractivity contribution is 7.89. The fourth-order valence-electron chi connectivity index (χ4n) is 3.85. The first kappa shape index (κ1) is 23.3. The molecule has 1 fully saturated rings. The maximum Gasteiger partial charge on any atom is 0.243 e. The first-order valence-electron chi connectivity index (χ1n) is 11.0. The molecule has 1 aliphatic heterocycles. The molecular weight excluding hydrogens is 412 g/mol. The standard InChI is InChI=1S/C24H32N2O4S/c1-30-23-9-5-4-8-21(23)16-17-25-24(27)15-12-20-10-13-22(14-11-20)31(28,29)26-18-6-2-3-7-19-26/h4-5,8-11,13-14H,2-3,6-7,12,15-19H2,1H3,(H,25,27).